The van der Waals surface area contributed by atoms with E-state index in [1.54, 1.807) is 22.7 Å². The van der Waals surface area contributed by atoms with E-state index in [4.69, 9.17) is 21.2 Å². The second-order valence-electron chi connectivity index (χ2n) is 7.48. The van der Waals surface area contributed by atoms with Gasteiger partial charge in [-0.1, -0.05) is 35.0 Å². The standard InChI is InChI=1S/C23H27ClN2O6S/c24-22-17-13-16(25-32-15-20(29)26-8-11-33-12-9-26)7-5-3-1-2-4-6-10-31-23(30)21(17)18(27)14-19(22)28/h2,4-5,7,14,27-28H,1,3,6,8-13,15H2/b4-2+,7-5+,25-16-. The van der Waals surface area contributed by atoms with Gasteiger partial charge in [-0.2, -0.15) is 11.8 Å². The Balaban J connectivity index is 1.86. The number of amides is 1. The Morgan fingerprint density at radius 3 is 2.67 bits per heavy atom. The predicted molar refractivity (Wildman–Crippen MR) is 128 cm³/mol. The minimum atomic E-state index is -0.753. The number of carbonyl (C=O) groups is 2. The Kier molecular flexibility index (Phi) is 9.50. The topological polar surface area (TPSA) is 109 Å². The first-order valence-electron chi connectivity index (χ1n) is 10.7. The normalized spacial score (nSPS) is 20.9. The number of phenolic OH excluding ortho intramolecular Hbond substituents is 2. The lowest BCUT2D eigenvalue weighted by Crippen LogP contribution is -2.39. The van der Waals surface area contributed by atoms with Crippen molar-refractivity contribution in [2.45, 2.75) is 25.7 Å². The summed E-state index contributed by atoms with van der Waals surface area (Å²) in [4.78, 5) is 32.1. The fourth-order valence-corrected chi connectivity index (χ4v) is 4.51. The number of thioether (sulfide) groups is 1. The number of aromatic hydroxyl groups is 2. The molecule has 1 amide bonds. The second kappa shape index (κ2) is 12.6. The number of halogens is 1. The summed E-state index contributed by atoms with van der Waals surface area (Å²) in [6, 6.07) is 1.00. The number of rotatable bonds is 3. The number of oxime groups is 1. The van der Waals surface area contributed by atoms with E-state index in [-0.39, 0.29) is 47.4 Å². The number of nitrogens with zero attached hydrogens (tertiary/aromatic N) is 2. The number of esters is 1. The quantitative estimate of drug-likeness (QED) is 0.374. The Labute approximate surface area is 201 Å². The molecule has 8 nitrogen and oxygen atoms in total. The zero-order valence-electron chi connectivity index (χ0n) is 18.2. The number of ether oxygens (including phenoxy) is 1. The van der Waals surface area contributed by atoms with Gasteiger partial charge in [0.25, 0.3) is 5.91 Å². The van der Waals surface area contributed by atoms with Crippen molar-refractivity contribution in [2.75, 3.05) is 37.8 Å². The van der Waals surface area contributed by atoms with Crippen molar-refractivity contribution in [1.82, 2.24) is 4.90 Å². The van der Waals surface area contributed by atoms with Gasteiger partial charge in [-0.15, -0.1) is 0 Å². The van der Waals surface area contributed by atoms with Gasteiger partial charge in [0.05, 0.1) is 17.3 Å². The van der Waals surface area contributed by atoms with E-state index in [0.717, 1.165) is 30.4 Å². The zero-order chi connectivity index (χ0) is 23.6. The van der Waals surface area contributed by atoms with Gasteiger partial charge in [0, 0.05) is 37.1 Å². The summed E-state index contributed by atoms with van der Waals surface area (Å²) in [6.07, 6.45) is 9.58. The average molecular weight is 495 g/mol. The van der Waals surface area contributed by atoms with Crippen LogP contribution in [-0.2, 0) is 20.8 Å². The van der Waals surface area contributed by atoms with Crippen LogP contribution in [-0.4, -0.2) is 70.5 Å². The number of allylic oxidation sites excluding steroid dienone is 3. The third-order valence-corrected chi connectivity index (χ3v) is 6.48. The molecule has 178 valence electrons. The monoisotopic (exact) mass is 494 g/mol. The predicted octanol–water partition coefficient (Wildman–Crippen LogP) is 3.69. The molecular weight excluding hydrogens is 468 g/mol. The SMILES string of the molecule is O=C1OCC/C=C/CC/C=C/C(=N/OCC(=O)N2CCSCC2)Cc2c(Cl)c(O)cc(O)c21. The summed E-state index contributed by atoms with van der Waals surface area (Å²) in [6.45, 7) is 1.30. The van der Waals surface area contributed by atoms with E-state index in [9.17, 15) is 19.8 Å². The van der Waals surface area contributed by atoms with Crippen molar-refractivity contribution in [3.8, 4) is 11.5 Å². The third-order valence-electron chi connectivity index (χ3n) is 5.11. The molecule has 2 N–H and O–H groups in total. The summed E-state index contributed by atoms with van der Waals surface area (Å²) in [5.41, 5.74) is 0.402. The molecule has 3 rings (SSSR count). The van der Waals surface area contributed by atoms with E-state index in [2.05, 4.69) is 5.16 Å². The van der Waals surface area contributed by atoms with Gasteiger partial charge in [0.15, 0.2) is 6.61 Å². The number of cyclic esters (lactones) is 1. The number of phenols is 2. The van der Waals surface area contributed by atoms with Crippen LogP contribution in [0.4, 0.5) is 0 Å². The van der Waals surface area contributed by atoms with Crippen LogP contribution in [0.15, 0.2) is 35.5 Å². The molecule has 2 heterocycles. The van der Waals surface area contributed by atoms with Gasteiger partial charge < -0.3 is 24.7 Å². The summed E-state index contributed by atoms with van der Waals surface area (Å²) in [5.74, 6) is 0.0873. The fourth-order valence-electron chi connectivity index (χ4n) is 3.39. The molecule has 0 saturated carbocycles. The summed E-state index contributed by atoms with van der Waals surface area (Å²) in [7, 11) is 0. The third kappa shape index (κ3) is 7.17. The van der Waals surface area contributed by atoms with Crippen molar-refractivity contribution in [3.63, 3.8) is 0 Å². The van der Waals surface area contributed by atoms with Gasteiger partial charge in [0.2, 0.25) is 0 Å². The summed E-state index contributed by atoms with van der Waals surface area (Å²) < 4.78 is 5.27. The smallest absolute Gasteiger partial charge is 0.342 e. The fraction of sp³-hybridized carbons (Fsp3) is 0.435. The minimum absolute atomic E-state index is 0.0217. The van der Waals surface area contributed by atoms with Crippen LogP contribution in [0.5, 0.6) is 11.5 Å². The van der Waals surface area contributed by atoms with Crippen LogP contribution in [0.3, 0.4) is 0 Å². The highest BCUT2D eigenvalue weighted by Gasteiger charge is 2.24. The highest BCUT2D eigenvalue weighted by atomic mass is 35.5. The Morgan fingerprint density at radius 1 is 1.15 bits per heavy atom. The number of hydrogen-bond acceptors (Lipinski definition) is 8. The average Bonchev–Trinajstić information content (AvgIpc) is 2.80. The summed E-state index contributed by atoms with van der Waals surface area (Å²) in [5, 5.41) is 24.4. The first-order valence-corrected chi connectivity index (χ1v) is 12.3. The number of carbonyl (C=O) groups excluding carboxylic acids is 2. The second-order valence-corrected chi connectivity index (χ2v) is 9.09. The van der Waals surface area contributed by atoms with Crippen molar-refractivity contribution in [2.24, 2.45) is 5.16 Å². The zero-order valence-corrected chi connectivity index (χ0v) is 19.7. The van der Waals surface area contributed by atoms with Crippen LogP contribution in [0.25, 0.3) is 0 Å². The highest BCUT2D eigenvalue weighted by Crippen LogP contribution is 2.37. The molecule has 1 aromatic carbocycles. The molecular formula is C23H27ClN2O6S. The number of fused-ring (bicyclic) bond motifs is 1. The molecule has 0 radical (unpaired) electrons. The molecule has 0 unspecified atom stereocenters. The van der Waals surface area contributed by atoms with Crippen LogP contribution >= 0.6 is 23.4 Å². The molecule has 10 heteroatoms. The molecule has 33 heavy (non-hydrogen) atoms. The van der Waals surface area contributed by atoms with Crippen molar-refractivity contribution < 1.29 is 29.4 Å². The molecule has 0 bridgehead atoms. The molecule has 0 aromatic heterocycles. The lowest BCUT2D eigenvalue weighted by atomic mass is 9.99. The molecule has 1 aromatic rings. The van der Waals surface area contributed by atoms with E-state index in [1.807, 2.05) is 18.2 Å². The van der Waals surface area contributed by atoms with Gasteiger partial charge in [-0.3, -0.25) is 4.79 Å². The van der Waals surface area contributed by atoms with Crippen LogP contribution in [0.2, 0.25) is 5.02 Å². The molecule has 0 aliphatic carbocycles. The molecule has 0 spiro atoms. The Bertz CT molecular complexity index is 957. The lowest BCUT2D eigenvalue weighted by Gasteiger charge is -2.25. The maximum Gasteiger partial charge on any atom is 0.342 e. The molecule has 1 fully saturated rings. The van der Waals surface area contributed by atoms with Crippen molar-refractivity contribution in [1.29, 1.82) is 0 Å². The van der Waals surface area contributed by atoms with Crippen molar-refractivity contribution in [3.05, 3.63) is 46.5 Å². The van der Waals surface area contributed by atoms with Gasteiger partial charge in [0.1, 0.15) is 17.1 Å². The molecule has 0 atom stereocenters. The van der Waals surface area contributed by atoms with Gasteiger partial charge in [-0.05, 0) is 30.9 Å². The van der Waals surface area contributed by atoms with E-state index in [0.29, 0.717) is 25.2 Å². The Morgan fingerprint density at radius 2 is 1.88 bits per heavy atom. The molecule has 1 saturated heterocycles. The van der Waals surface area contributed by atoms with Gasteiger partial charge in [-0.25, -0.2) is 4.79 Å². The number of benzene rings is 1. The first kappa shape index (κ1) is 25.0. The summed E-state index contributed by atoms with van der Waals surface area (Å²) >= 11 is 8.09. The molecule has 2 aliphatic heterocycles. The van der Waals surface area contributed by atoms with Gasteiger partial charge >= 0.3 is 5.97 Å². The maximum atomic E-state index is 12.7. The highest BCUT2D eigenvalue weighted by molar-refractivity contribution is 7.99. The van der Waals surface area contributed by atoms with E-state index in [1.165, 1.54) is 0 Å². The van der Waals surface area contributed by atoms with Crippen LogP contribution in [0.1, 0.15) is 35.2 Å². The van der Waals surface area contributed by atoms with E-state index < -0.39 is 11.7 Å². The largest absolute Gasteiger partial charge is 0.507 e. The van der Waals surface area contributed by atoms with Crippen molar-refractivity contribution >= 4 is 41.0 Å². The number of hydrogen-bond donors (Lipinski definition) is 2. The van der Waals surface area contributed by atoms with E-state index >= 15 is 0 Å². The Hall–Kier alpha value is -2.65. The van der Waals surface area contributed by atoms with Crippen LogP contribution in [0, 0.1) is 0 Å². The van der Waals surface area contributed by atoms with Crippen LogP contribution < -0.4 is 0 Å². The lowest BCUT2D eigenvalue weighted by molar-refractivity contribution is -0.135. The maximum absolute atomic E-state index is 12.7. The minimum Gasteiger partial charge on any atom is -0.507 e. The first-order chi connectivity index (χ1) is 16.0. The molecule has 2 aliphatic rings.